The largest absolute Gasteiger partial charge is 0.460 e. The minimum absolute atomic E-state index is 0.393. The van der Waals surface area contributed by atoms with Crippen LogP contribution >= 0.6 is 0 Å². The van der Waals surface area contributed by atoms with E-state index in [1.165, 1.54) is 22.9 Å². The zero-order valence-corrected chi connectivity index (χ0v) is 10.8. The summed E-state index contributed by atoms with van der Waals surface area (Å²) < 4.78 is 6.13. The van der Waals surface area contributed by atoms with Crippen LogP contribution in [0.15, 0.2) is 58.6 Å². The van der Waals surface area contributed by atoms with Gasteiger partial charge in [-0.1, -0.05) is 48.6 Å². The minimum Gasteiger partial charge on any atom is -0.460 e. The highest BCUT2D eigenvalue weighted by Gasteiger charge is 2.25. The Morgan fingerprint density at radius 1 is 1.00 bits per heavy atom. The molecule has 4 rings (SSSR count). The van der Waals surface area contributed by atoms with E-state index in [-0.39, 0.29) is 0 Å². The van der Waals surface area contributed by atoms with Crippen LogP contribution < -0.4 is 0 Å². The van der Waals surface area contributed by atoms with E-state index in [1.807, 2.05) is 6.07 Å². The number of furan rings is 1. The molecule has 0 spiro atoms. The maximum absolute atomic E-state index is 6.13. The maximum atomic E-state index is 6.13. The summed E-state index contributed by atoms with van der Waals surface area (Å²) in [6.07, 6.45) is 14.8. The highest BCUT2D eigenvalue weighted by molar-refractivity contribution is 5.89. The molecule has 0 amide bonds. The van der Waals surface area contributed by atoms with Gasteiger partial charge in [-0.15, -0.1) is 0 Å². The van der Waals surface area contributed by atoms with E-state index in [1.54, 1.807) is 0 Å². The topological polar surface area (TPSA) is 13.1 Å². The molecule has 0 saturated heterocycles. The minimum atomic E-state index is 0.393. The molecule has 0 radical (unpaired) electrons. The van der Waals surface area contributed by atoms with Crippen LogP contribution in [0.3, 0.4) is 0 Å². The molecule has 2 aromatic rings. The standard InChI is InChI=1S/C18H16O/c1-2-7-13(8-3-1)14-10-6-11-16-15-9-4-5-12-17(15)19-18(14)16/h2,4-9,11-12,14H,1,3,10H2. The van der Waals surface area contributed by atoms with Crippen LogP contribution in [0.1, 0.15) is 36.5 Å². The average molecular weight is 248 g/mol. The highest BCUT2D eigenvalue weighted by atomic mass is 16.3. The Kier molecular flexibility index (Phi) is 2.44. The maximum Gasteiger partial charge on any atom is 0.134 e. The Bertz CT molecular complexity index is 712. The molecule has 1 heterocycles. The van der Waals surface area contributed by atoms with E-state index in [0.29, 0.717) is 5.92 Å². The third-order valence-electron chi connectivity index (χ3n) is 4.06. The van der Waals surface area contributed by atoms with Crippen LogP contribution in [0.4, 0.5) is 0 Å². The Hall–Kier alpha value is -2.02. The van der Waals surface area contributed by atoms with Crippen LogP contribution in [0, 0.1) is 0 Å². The number of fused-ring (bicyclic) bond motifs is 3. The lowest BCUT2D eigenvalue weighted by Gasteiger charge is -2.20. The van der Waals surface area contributed by atoms with Gasteiger partial charge < -0.3 is 4.42 Å². The summed E-state index contributed by atoms with van der Waals surface area (Å²) in [5, 5.41) is 1.24. The van der Waals surface area contributed by atoms with Crippen molar-refractivity contribution in [2.45, 2.75) is 25.2 Å². The van der Waals surface area contributed by atoms with E-state index in [4.69, 9.17) is 4.42 Å². The lowest BCUT2D eigenvalue weighted by molar-refractivity contribution is 0.515. The summed E-state index contributed by atoms with van der Waals surface area (Å²) in [5.74, 6) is 1.53. The third-order valence-corrected chi connectivity index (χ3v) is 4.06. The van der Waals surface area contributed by atoms with E-state index >= 15 is 0 Å². The van der Waals surface area contributed by atoms with Crippen molar-refractivity contribution < 1.29 is 4.42 Å². The average Bonchev–Trinajstić information content (AvgIpc) is 2.87. The number of para-hydroxylation sites is 1. The van der Waals surface area contributed by atoms with E-state index in [0.717, 1.165) is 24.2 Å². The molecule has 1 nitrogen and oxygen atoms in total. The van der Waals surface area contributed by atoms with Crippen LogP contribution in [0.5, 0.6) is 0 Å². The number of allylic oxidation sites excluding steroid dienone is 5. The summed E-state index contributed by atoms with van der Waals surface area (Å²) in [5.41, 5.74) is 3.69. The molecule has 1 aromatic carbocycles. The van der Waals surface area contributed by atoms with Gasteiger partial charge in [0.25, 0.3) is 0 Å². The molecule has 1 heteroatoms. The summed E-state index contributed by atoms with van der Waals surface area (Å²) in [6, 6.07) is 8.32. The second kappa shape index (κ2) is 4.27. The summed E-state index contributed by atoms with van der Waals surface area (Å²) in [6.45, 7) is 0. The quantitative estimate of drug-likeness (QED) is 0.675. The number of hydrogen-bond acceptors (Lipinski definition) is 1. The fourth-order valence-corrected chi connectivity index (χ4v) is 3.12. The Morgan fingerprint density at radius 2 is 1.95 bits per heavy atom. The molecule has 1 atom stereocenters. The highest BCUT2D eigenvalue weighted by Crippen LogP contribution is 2.41. The fraction of sp³-hybridized carbons (Fsp3) is 0.222. The second-order valence-corrected chi connectivity index (χ2v) is 5.25. The van der Waals surface area contributed by atoms with Gasteiger partial charge in [0, 0.05) is 16.9 Å². The number of rotatable bonds is 1. The predicted octanol–water partition coefficient (Wildman–Crippen LogP) is 5.21. The molecule has 0 bridgehead atoms. The van der Waals surface area contributed by atoms with Crippen molar-refractivity contribution in [3.63, 3.8) is 0 Å². The normalized spacial score (nSPS) is 21.5. The molecule has 0 N–H and O–H groups in total. The van der Waals surface area contributed by atoms with Crippen LogP contribution in [0.25, 0.3) is 17.0 Å². The van der Waals surface area contributed by atoms with E-state index in [9.17, 15) is 0 Å². The summed E-state index contributed by atoms with van der Waals surface area (Å²) in [4.78, 5) is 0. The van der Waals surface area contributed by atoms with Gasteiger partial charge in [-0.05, 0) is 30.9 Å². The molecule has 2 aliphatic carbocycles. The smallest absolute Gasteiger partial charge is 0.134 e. The zero-order chi connectivity index (χ0) is 12.7. The fourth-order valence-electron chi connectivity index (χ4n) is 3.12. The molecule has 0 aliphatic heterocycles. The monoisotopic (exact) mass is 248 g/mol. The molecule has 2 aliphatic rings. The summed E-state index contributed by atoms with van der Waals surface area (Å²) in [7, 11) is 0. The van der Waals surface area contributed by atoms with Gasteiger partial charge >= 0.3 is 0 Å². The van der Waals surface area contributed by atoms with Gasteiger partial charge in [-0.25, -0.2) is 0 Å². The molecule has 1 aromatic heterocycles. The van der Waals surface area contributed by atoms with Gasteiger partial charge in [0.1, 0.15) is 11.3 Å². The first-order valence-electron chi connectivity index (χ1n) is 6.98. The molecule has 94 valence electrons. The van der Waals surface area contributed by atoms with Crippen molar-refractivity contribution in [3.05, 3.63) is 65.5 Å². The van der Waals surface area contributed by atoms with Gasteiger partial charge in [0.05, 0.1) is 0 Å². The van der Waals surface area contributed by atoms with Crippen LogP contribution in [0.2, 0.25) is 0 Å². The molecule has 19 heavy (non-hydrogen) atoms. The SMILES string of the molecule is C1=CC(C2CC=Cc3c2oc2ccccc32)=CCC1. The first-order chi connectivity index (χ1) is 9.43. The van der Waals surface area contributed by atoms with Crippen molar-refractivity contribution in [2.24, 2.45) is 0 Å². The summed E-state index contributed by atoms with van der Waals surface area (Å²) >= 11 is 0. The molecule has 0 saturated carbocycles. The van der Waals surface area contributed by atoms with Gasteiger partial charge in [-0.3, -0.25) is 0 Å². The van der Waals surface area contributed by atoms with Gasteiger partial charge in [0.2, 0.25) is 0 Å². The van der Waals surface area contributed by atoms with Crippen molar-refractivity contribution in [1.29, 1.82) is 0 Å². The van der Waals surface area contributed by atoms with Crippen LogP contribution in [-0.2, 0) is 0 Å². The Labute approximate surface area is 112 Å². The molecule has 0 fully saturated rings. The first kappa shape index (κ1) is 10.9. The van der Waals surface area contributed by atoms with Crippen molar-refractivity contribution in [1.82, 2.24) is 0 Å². The Morgan fingerprint density at radius 3 is 2.84 bits per heavy atom. The van der Waals surface area contributed by atoms with E-state index in [2.05, 4.69) is 48.6 Å². The van der Waals surface area contributed by atoms with Crippen molar-refractivity contribution >= 4 is 17.0 Å². The molecular formula is C18H16O. The lowest BCUT2D eigenvalue weighted by atomic mass is 9.84. The molecule has 1 unspecified atom stereocenters. The zero-order valence-electron chi connectivity index (χ0n) is 10.8. The Balaban J connectivity index is 1.89. The second-order valence-electron chi connectivity index (χ2n) is 5.25. The van der Waals surface area contributed by atoms with Crippen LogP contribution in [-0.4, -0.2) is 0 Å². The number of benzene rings is 1. The molecular weight excluding hydrogens is 232 g/mol. The van der Waals surface area contributed by atoms with Gasteiger partial charge in [0.15, 0.2) is 0 Å². The van der Waals surface area contributed by atoms with Crippen molar-refractivity contribution in [3.8, 4) is 0 Å². The lowest BCUT2D eigenvalue weighted by Crippen LogP contribution is -2.05. The number of hydrogen-bond donors (Lipinski definition) is 0. The first-order valence-corrected chi connectivity index (χ1v) is 6.98. The third kappa shape index (κ3) is 1.69. The van der Waals surface area contributed by atoms with E-state index < -0.39 is 0 Å². The van der Waals surface area contributed by atoms with Crippen molar-refractivity contribution in [2.75, 3.05) is 0 Å². The predicted molar refractivity (Wildman–Crippen MR) is 79.1 cm³/mol. The van der Waals surface area contributed by atoms with Gasteiger partial charge in [-0.2, -0.15) is 0 Å².